The molecule has 0 unspecified atom stereocenters. The zero-order valence-corrected chi connectivity index (χ0v) is 12.9. The number of hydrogen-bond acceptors (Lipinski definition) is 3. The Kier molecular flexibility index (Phi) is 2.51. The van der Waals surface area contributed by atoms with Gasteiger partial charge in [-0.1, -0.05) is 13.8 Å². The van der Waals surface area contributed by atoms with Gasteiger partial charge in [0, 0.05) is 29.4 Å². The topological polar surface area (TPSA) is 56.7 Å². The van der Waals surface area contributed by atoms with Gasteiger partial charge in [0.15, 0.2) is 0 Å². The lowest BCUT2D eigenvalue weighted by atomic mass is 9.49. The van der Waals surface area contributed by atoms with Gasteiger partial charge in [0.2, 0.25) is 0 Å². The van der Waals surface area contributed by atoms with Gasteiger partial charge in [0.1, 0.15) is 11.6 Å². The van der Waals surface area contributed by atoms with E-state index < -0.39 is 0 Å². The number of aryl methyl sites for hydroxylation is 1. The first kappa shape index (κ1) is 12.9. The van der Waals surface area contributed by atoms with Crippen LogP contribution in [0.25, 0.3) is 11.3 Å². The van der Waals surface area contributed by atoms with E-state index in [-0.39, 0.29) is 0 Å². The molecule has 0 saturated heterocycles. The zero-order valence-electron chi connectivity index (χ0n) is 12.9. The normalized spacial score (nSPS) is 26.6. The van der Waals surface area contributed by atoms with Gasteiger partial charge in [-0.05, 0) is 43.7 Å². The second kappa shape index (κ2) is 4.09. The Labute approximate surface area is 125 Å². The largest absolute Gasteiger partial charge is 0.383 e. The summed E-state index contributed by atoms with van der Waals surface area (Å²) in [5.41, 5.74) is 9.30. The van der Waals surface area contributed by atoms with E-state index in [1.54, 1.807) is 0 Å². The van der Waals surface area contributed by atoms with Crippen molar-refractivity contribution in [2.75, 3.05) is 5.73 Å². The fourth-order valence-corrected chi connectivity index (χ4v) is 3.77. The lowest BCUT2D eigenvalue weighted by molar-refractivity contribution is -0.0911. The number of nitrogens with zero attached hydrogens (tertiary/aromatic N) is 3. The van der Waals surface area contributed by atoms with Crippen molar-refractivity contribution >= 4 is 5.82 Å². The van der Waals surface area contributed by atoms with Gasteiger partial charge in [0.05, 0.1) is 5.69 Å². The minimum Gasteiger partial charge on any atom is -0.383 e. The predicted molar refractivity (Wildman–Crippen MR) is 84.0 cm³/mol. The first-order valence-electron chi connectivity index (χ1n) is 7.81. The van der Waals surface area contributed by atoms with Crippen LogP contribution in [-0.2, 0) is 5.54 Å². The van der Waals surface area contributed by atoms with Crippen LogP contribution in [0.1, 0.15) is 50.4 Å². The average molecular weight is 282 g/mol. The van der Waals surface area contributed by atoms with Crippen LogP contribution in [0.5, 0.6) is 0 Å². The molecule has 2 bridgehead atoms. The molecule has 4 heteroatoms. The molecule has 5 rings (SSSR count). The standard InChI is InChI=1S/C17H22N4/c1-10(2)16-20-14(13-4-11(3)15(18)19-8-13)9-21(16)17-5-12(6-17)7-17/h4,8-10,12H,5-7H2,1-3H3,(H2,18,19). The van der Waals surface area contributed by atoms with E-state index in [1.807, 2.05) is 13.1 Å². The Morgan fingerprint density at radius 3 is 2.57 bits per heavy atom. The van der Waals surface area contributed by atoms with Crippen molar-refractivity contribution < 1.29 is 0 Å². The zero-order chi connectivity index (χ0) is 14.8. The molecule has 110 valence electrons. The van der Waals surface area contributed by atoms with Crippen LogP contribution < -0.4 is 5.73 Å². The van der Waals surface area contributed by atoms with Crippen LogP contribution in [0.3, 0.4) is 0 Å². The molecule has 3 saturated carbocycles. The fourth-order valence-electron chi connectivity index (χ4n) is 3.77. The third kappa shape index (κ3) is 1.74. The van der Waals surface area contributed by atoms with Crippen LogP contribution >= 0.6 is 0 Å². The molecule has 4 nitrogen and oxygen atoms in total. The summed E-state index contributed by atoms with van der Waals surface area (Å²) in [6.07, 6.45) is 8.07. The van der Waals surface area contributed by atoms with Gasteiger partial charge in [-0.15, -0.1) is 0 Å². The Balaban J connectivity index is 1.79. The molecule has 0 radical (unpaired) electrons. The van der Waals surface area contributed by atoms with Gasteiger partial charge >= 0.3 is 0 Å². The number of nitrogen functional groups attached to an aromatic ring is 1. The van der Waals surface area contributed by atoms with E-state index in [0.717, 1.165) is 22.7 Å². The molecule has 0 aliphatic heterocycles. The van der Waals surface area contributed by atoms with Gasteiger partial charge in [-0.2, -0.15) is 0 Å². The number of nitrogens with two attached hydrogens (primary N) is 1. The lowest BCUT2D eigenvalue weighted by Gasteiger charge is -2.62. The third-order valence-corrected chi connectivity index (χ3v) is 5.18. The fraction of sp³-hybridized carbons (Fsp3) is 0.529. The highest BCUT2D eigenvalue weighted by Gasteiger charge is 2.58. The molecule has 0 amide bonds. The van der Waals surface area contributed by atoms with Gasteiger partial charge in [-0.25, -0.2) is 9.97 Å². The Morgan fingerprint density at radius 2 is 2.05 bits per heavy atom. The maximum Gasteiger partial charge on any atom is 0.126 e. The molecule has 0 spiro atoms. The van der Waals surface area contributed by atoms with Crippen molar-refractivity contribution in [2.24, 2.45) is 5.92 Å². The van der Waals surface area contributed by atoms with Crippen LogP contribution in [0.15, 0.2) is 18.5 Å². The van der Waals surface area contributed by atoms with E-state index in [2.05, 4.69) is 35.7 Å². The summed E-state index contributed by atoms with van der Waals surface area (Å²) in [6, 6.07) is 2.08. The minimum atomic E-state index is 0.381. The molecular formula is C17H22N4. The molecule has 2 aromatic rings. The highest BCUT2D eigenvalue weighted by molar-refractivity contribution is 5.61. The number of imidazole rings is 1. The molecule has 2 aromatic heterocycles. The number of rotatable bonds is 3. The summed E-state index contributed by atoms with van der Waals surface area (Å²) in [5.74, 6) is 3.21. The highest BCUT2D eigenvalue weighted by Crippen LogP contribution is 2.63. The molecule has 21 heavy (non-hydrogen) atoms. The van der Waals surface area contributed by atoms with Crippen molar-refractivity contribution in [1.29, 1.82) is 0 Å². The molecule has 2 heterocycles. The average Bonchev–Trinajstić information content (AvgIpc) is 2.74. The quantitative estimate of drug-likeness (QED) is 0.937. The van der Waals surface area contributed by atoms with Crippen molar-refractivity contribution in [3.05, 3.63) is 29.8 Å². The number of hydrogen-bond donors (Lipinski definition) is 1. The Hall–Kier alpha value is -1.84. The van der Waals surface area contributed by atoms with Crippen LogP contribution in [-0.4, -0.2) is 14.5 Å². The summed E-state index contributed by atoms with van der Waals surface area (Å²) in [6.45, 7) is 6.44. The van der Waals surface area contributed by atoms with Crippen molar-refractivity contribution in [3.8, 4) is 11.3 Å². The molecule has 3 fully saturated rings. The molecule has 3 aliphatic carbocycles. The highest BCUT2D eigenvalue weighted by atomic mass is 15.2. The molecule has 2 N–H and O–H groups in total. The van der Waals surface area contributed by atoms with Gasteiger partial charge in [-0.3, -0.25) is 0 Å². The number of anilines is 1. The lowest BCUT2D eigenvalue weighted by Crippen LogP contribution is -2.59. The molecular weight excluding hydrogens is 260 g/mol. The van der Waals surface area contributed by atoms with E-state index in [9.17, 15) is 0 Å². The van der Waals surface area contributed by atoms with E-state index in [0.29, 0.717) is 17.3 Å². The second-order valence-electron chi connectivity index (χ2n) is 7.14. The summed E-state index contributed by atoms with van der Waals surface area (Å²) in [4.78, 5) is 9.18. The maximum atomic E-state index is 5.82. The van der Waals surface area contributed by atoms with E-state index in [1.165, 1.54) is 25.1 Å². The summed E-state index contributed by atoms with van der Waals surface area (Å²) in [7, 11) is 0. The summed E-state index contributed by atoms with van der Waals surface area (Å²) < 4.78 is 2.46. The van der Waals surface area contributed by atoms with Crippen LogP contribution in [0.4, 0.5) is 5.82 Å². The van der Waals surface area contributed by atoms with Gasteiger partial charge < -0.3 is 10.3 Å². The Morgan fingerprint density at radius 1 is 1.33 bits per heavy atom. The Bertz CT molecular complexity index is 697. The van der Waals surface area contributed by atoms with E-state index >= 15 is 0 Å². The maximum absolute atomic E-state index is 5.82. The molecule has 0 atom stereocenters. The first-order valence-corrected chi connectivity index (χ1v) is 7.81. The van der Waals surface area contributed by atoms with Crippen molar-refractivity contribution in [2.45, 2.75) is 51.5 Å². The monoisotopic (exact) mass is 282 g/mol. The third-order valence-electron chi connectivity index (χ3n) is 5.18. The smallest absolute Gasteiger partial charge is 0.126 e. The van der Waals surface area contributed by atoms with Crippen molar-refractivity contribution in [1.82, 2.24) is 14.5 Å². The van der Waals surface area contributed by atoms with E-state index in [4.69, 9.17) is 10.7 Å². The second-order valence-corrected chi connectivity index (χ2v) is 7.14. The number of pyridine rings is 1. The van der Waals surface area contributed by atoms with Gasteiger partial charge in [0.25, 0.3) is 0 Å². The van der Waals surface area contributed by atoms with Crippen LogP contribution in [0.2, 0.25) is 0 Å². The van der Waals surface area contributed by atoms with Crippen LogP contribution in [0, 0.1) is 12.8 Å². The summed E-state index contributed by atoms with van der Waals surface area (Å²) in [5, 5.41) is 0. The van der Waals surface area contributed by atoms with Crippen molar-refractivity contribution in [3.63, 3.8) is 0 Å². The SMILES string of the molecule is Cc1cc(-c2cn(C34CC(C3)C4)c(C(C)C)n2)cnc1N. The molecule has 3 aliphatic rings. The predicted octanol–water partition coefficient (Wildman–Crippen LogP) is 3.47. The molecule has 0 aromatic carbocycles. The number of aromatic nitrogens is 3. The summed E-state index contributed by atoms with van der Waals surface area (Å²) >= 11 is 0. The first-order chi connectivity index (χ1) is 9.98. The minimum absolute atomic E-state index is 0.381.